The van der Waals surface area contributed by atoms with Gasteiger partial charge in [-0.25, -0.2) is 0 Å². The van der Waals surface area contributed by atoms with Gasteiger partial charge in [0.25, 0.3) is 0 Å². The van der Waals surface area contributed by atoms with Crippen LogP contribution in [0.15, 0.2) is 24.3 Å². The Morgan fingerprint density at radius 1 is 1.44 bits per heavy atom. The third kappa shape index (κ3) is 2.01. The fourth-order valence-electron chi connectivity index (χ4n) is 1.91. The highest BCUT2D eigenvalue weighted by Gasteiger charge is 2.30. The molecule has 1 fully saturated rings. The topological polar surface area (TPSA) is 62.3 Å². The number of likely N-dealkylation sites (tertiary alicyclic amines) is 1. The lowest BCUT2D eigenvalue weighted by Gasteiger charge is -2.39. The van der Waals surface area contributed by atoms with Gasteiger partial charge in [-0.15, -0.1) is 0 Å². The van der Waals surface area contributed by atoms with Crippen LogP contribution in [-0.2, 0) is 0 Å². The van der Waals surface area contributed by atoms with Crippen molar-refractivity contribution < 1.29 is 4.74 Å². The van der Waals surface area contributed by atoms with Crippen molar-refractivity contribution in [2.24, 2.45) is 5.73 Å². The Labute approximate surface area is 95.2 Å². The average molecular weight is 217 g/mol. The lowest BCUT2D eigenvalue weighted by molar-refractivity contribution is 0.121. The molecule has 1 heterocycles. The summed E-state index contributed by atoms with van der Waals surface area (Å²) >= 11 is 0. The maximum Gasteiger partial charge on any atom is 0.123 e. The Balaban J connectivity index is 2.11. The summed E-state index contributed by atoms with van der Waals surface area (Å²) in [5.41, 5.74) is 6.71. The first kappa shape index (κ1) is 10.9. The number of methoxy groups -OCH3 is 1. The fraction of sp³-hybridized carbons (Fsp3) is 0.417. The molecule has 1 atom stereocenters. The van der Waals surface area contributed by atoms with E-state index >= 15 is 0 Å². The first-order valence-electron chi connectivity index (χ1n) is 5.28. The van der Waals surface area contributed by atoms with Gasteiger partial charge in [-0.2, -0.15) is 5.26 Å². The Bertz CT molecular complexity index is 390. The standard InChI is InChI=1S/C12H15N3O/c1-16-11-4-2-9(3-5-11)12(6-13)15-7-10(14)8-15/h2-5,10,12H,7-8,14H2,1H3. The first-order valence-corrected chi connectivity index (χ1v) is 5.28. The summed E-state index contributed by atoms with van der Waals surface area (Å²) < 4.78 is 5.08. The average Bonchev–Trinajstić information content (AvgIpc) is 2.28. The molecule has 4 nitrogen and oxygen atoms in total. The molecule has 1 unspecified atom stereocenters. The van der Waals surface area contributed by atoms with Crippen molar-refractivity contribution in [1.82, 2.24) is 4.90 Å². The van der Waals surface area contributed by atoms with Crippen molar-refractivity contribution in [1.29, 1.82) is 5.26 Å². The maximum atomic E-state index is 9.16. The zero-order valence-corrected chi connectivity index (χ0v) is 9.26. The van der Waals surface area contributed by atoms with E-state index in [9.17, 15) is 0 Å². The van der Waals surface area contributed by atoms with E-state index in [4.69, 9.17) is 15.7 Å². The SMILES string of the molecule is COc1ccc(C(C#N)N2CC(N)C2)cc1. The van der Waals surface area contributed by atoms with Gasteiger partial charge in [0, 0.05) is 19.1 Å². The molecular formula is C12H15N3O. The van der Waals surface area contributed by atoms with E-state index in [0.717, 1.165) is 24.4 Å². The summed E-state index contributed by atoms with van der Waals surface area (Å²) in [6.07, 6.45) is 0. The summed E-state index contributed by atoms with van der Waals surface area (Å²) in [6.45, 7) is 1.59. The number of nitrogens with zero attached hydrogens (tertiary/aromatic N) is 2. The summed E-state index contributed by atoms with van der Waals surface area (Å²) in [5.74, 6) is 0.806. The van der Waals surface area contributed by atoms with Crippen LogP contribution in [0.3, 0.4) is 0 Å². The number of hydrogen-bond donors (Lipinski definition) is 1. The van der Waals surface area contributed by atoms with E-state index in [0.29, 0.717) is 0 Å². The molecule has 0 spiro atoms. The smallest absolute Gasteiger partial charge is 0.123 e. The van der Waals surface area contributed by atoms with Crippen LogP contribution in [0, 0.1) is 11.3 Å². The number of nitrogens with two attached hydrogens (primary N) is 1. The highest BCUT2D eigenvalue weighted by Crippen LogP contribution is 2.25. The molecule has 0 bridgehead atoms. The van der Waals surface area contributed by atoms with Crippen LogP contribution in [0.1, 0.15) is 11.6 Å². The van der Waals surface area contributed by atoms with Crippen LogP contribution in [0.5, 0.6) is 5.75 Å². The van der Waals surface area contributed by atoms with Crippen molar-refractivity contribution in [2.45, 2.75) is 12.1 Å². The van der Waals surface area contributed by atoms with Crippen LogP contribution in [0.2, 0.25) is 0 Å². The molecule has 0 aromatic heterocycles. The predicted octanol–water partition coefficient (Wildman–Crippen LogP) is 0.903. The molecule has 0 amide bonds. The van der Waals surface area contributed by atoms with E-state index in [-0.39, 0.29) is 12.1 Å². The van der Waals surface area contributed by atoms with Gasteiger partial charge in [0.15, 0.2) is 0 Å². The second-order valence-electron chi connectivity index (χ2n) is 4.02. The van der Waals surface area contributed by atoms with Crippen LogP contribution >= 0.6 is 0 Å². The molecule has 1 aromatic rings. The van der Waals surface area contributed by atoms with Crippen LogP contribution < -0.4 is 10.5 Å². The number of benzene rings is 1. The van der Waals surface area contributed by atoms with Gasteiger partial charge in [0.05, 0.1) is 13.2 Å². The number of nitriles is 1. The molecule has 84 valence electrons. The fourth-order valence-corrected chi connectivity index (χ4v) is 1.91. The van der Waals surface area contributed by atoms with E-state index < -0.39 is 0 Å². The zero-order valence-electron chi connectivity index (χ0n) is 9.26. The molecule has 2 N–H and O–H groups in total. The van der Waals surface area contributed by atoms with Crippen LogP contribution in [-0.4, -0.2) is 31.1 Å². The highest BCUT2D eigenvalue weighted by molar-refractivity contribution is 5.32. The number of ether oxygens (including phenoxy) is 1. The van der Waals surface area contributed by atoms with E-state index in [1.165, 1.54) is 0 Å². The second kappa shape index (κ2) is 4.52. The van der Waals surface area contributed by atoms with E-state index in [1.807, 2.05) is 24.3 Å². The largest absolute Gasteiger partial charge is 0.497 e. The van der Waals surface area contributed by atoms with Gasteiger partial charge in [-0.1, -0.05) is 12.1 Å². The van der Waals surface area contributed by atoms with Gasteiger partial charge < -0.3 is 10.5 Å². The van der Waals surface area contributed by atoms with Crippen molar-refractivity contribution in [3.8, 4) is 11.8 Å². The van der Waals surface area contributed by atoms with E-state index in [2.05, 4.69) is 11.0 Å². The van der Waals surface area contributed by atoms with Gasteiger partial charge in [-0.3, -0.25) is 4.90 Å². The minimum absolute atomic E-state index is 0.189. The Hall–Kier alpha value is -1.57. The third-order valence-corrected chi connectivity index (χ3v) is 2.86. The van der Waals surface area contributed by atoms with Crippen molar-refractivity contribution in [3.05, 3.63) is 29.8 Å². The molecule has 1 aliphatic rings. The van der Waals surface area contributed by atoms with Crippen LogP contribution in [0.25, 0.3) is 0 Å². The van der Waals surface area contributed by atoms with Gasteiger partial charge >= 0.3 is 0 Å². The summed E-state index contributed by atoms with van der Waals surface area (Å²) in [5, 5.41) is 9.16. The second-order valence-corrected chi connectivity index (χ2v) is 4.02. The molecule has 16 heavy (non-hydrogen) atoms. The zero-order chi connectivity index (χ0) is 11.5. The predicted molar refractivity (Wildman–Crippen MR) is 60.9 cm³/mol. The quantitative estimate of drug-likeness (QED) is 0.817. The highest BCUT2D eigenvalue weighted by atomic mass is 16.5. The van der Waals surface area contributed by atoms with Crippen molar-refractivity contribution in [3.63, 3.8) is 0 Å². The molecule has 1 aromatic carbocycles. The molecule has 2 rings (SSSR count). The minimum Gasteiger partial charge on any atom is -0.497 e. The Morgan fingerprint density at radius 3 is 2.50 bits per heavy atom. The summed E-state index contributed by atoms with van der Waals surface area (Å²) in [4.78, 5) is 2.08. The van der Waals surface area contributed by atoms with Crippen molar-refractivity contribution >= 4 is 0 Å². The third-order valence-electron chi connectivity index (χ3n) is 2.86. The van der Waals surface area contributed by atoms with Crippen LogP contribution in [0.4, 0.5) is 0 Å². The van der Waals surface area contributed by atoms with Gasteiger partial charge in [-0.05, 0) is 17.7 Å². The van der Waals surface area contributed by atoms with E-state index in [1.54, 1.807) is 7.11 Å². The molecular weight excluding hydrogens is 202 g/mol. The monoisotopic (exact) mass is 217 g/mol. The minimum atomic E-state index is -0.189. The molecule has 1 aliphatic heterocycles. The lowest BCUT2D eigenvalue weighted by Crippen LogP contribution is -2.56. The summed E-state index contributed by atoms with van der Waals surface area (Å²) in [6, 6.07) is 9.94. The molecule has 0 aliphatic carbocycles. The van der Waals surface area contributed by atoms with Gasteiger partial charge in [0.2, 0.25) is 0 Å². The Kier molecular flexibility index (Phi) is 3.09. The number of rotatable bonds is 3. The van der Waals surface area contributed by atoms with Crippen molar-refractivity contribution in [2.75, 3.05) is 20.2 Å². The first-order chi connectivity index (χ1) is 7.74. The normalized spacial score (nSPS) is 18.6. The number of hydrogen-bond acceptors (Lipinski definition) is 4. The molecule has 0 radical (unpaired) electrons. The van der Waals surface area contributed by atoms with Gasteiger partial charge in [0.1, 0.15) is 11.8 Å². The molecule has 4 heteroatoms. The molecule has 0 saturated carbocycles. The lowest BCUT2D eigenvalue weighted by atomic mass is 10.0. The summed E-state index contributed by atoms with van der Waals surface area (Å²) in [7, 11) is 1.63. The maximum absolute atomic E-state index is 9.16. The molecule has 1 saturated heterocycles. The Morgan fingerprint density at radius 2 is 2.06 bits per heavy atom.